The van der Waals surface area contributed by atoms with Crippen molar-refractivity contribution in [2.24, 2.45) is 0 Å². The number of hydrogen-bond donors (Lipinski definition) is 3. The van der Waals surface area contributed by atoms with Crippen LogP contribution in [0.5, 0.6) is 0 Å². The molecule has 7 heteroatoms. The largest absolute Gasteiger partial charge is 0.466 e. The van der Waals surface area contributed by atoms with Crippen LogP contribution in [-0.2, 0) is 21.1 Å². The van der Waals surface area contributed by atoms with Crippen molar-refractivity contribution >= 4 is 17.7 Å². The molecule has 1 atom stereocenters. The summed E-state index contributed by atoms with van der Waals surface area (Å²) in [4.78, 5) is 21.6. The molecule has 0 aliphatic rings. The minimum absolute atomic E-state index is 0. The molecule has 7 heavy (non-hydrogen) atoms. The Labute approximate surface area is 54.1 Å². The molecule has 0 aromatic carbocycles. The molecular formula is H6NiO4P2. The zero-order valence-electron chi connectivity index (χ0n) is 3.22. The summed E-state index contributed by atoms with van der Waals surface area (Å²) in [5.41, 5.74) is 0. The Morgan fingerprint density at radius 3 is 1.14 bits per heavy atom. The first-order chi connectivity index (χ1) is 2.00. The van der Waals surface area contributed by atoms with E-state index in [1.807, 2.05) is 0 Å². The van der Waals surface area contributed by atoms with Gasteiger partial charge in [-0.1, -0.05) is 0 Å². The van der Waals surface area contributed by atoms with Crippen molar-refractivity contribution in [3.63, 3.8) is 0 Å². The van der Waals surface area contributed by atoms with Gasteiger partial charge in [0.15, 0.2) is 0 Å². The quantitative estimate of drug-likeness (QED) is 0.343. The average Bonchev–Trinajstić information content (AvgIpc) is 0.722. The fourth-order valence-electron chi connectivity index (χ4n) is 0. The van der Waals surface area contributed by atoms with E-state index in [0.717, 1.165) is 0 Å². The SMILES string of the molecule is O=P(O)(O)O.P.[Ni]. The van der Waals surface area contributed by atoms with E-state index < -0.39 is 7.82 Å². The van der Waals surface area contributed by atoms with Gasteiger partial charge < -0.3 is 14.7 Å². The van der Waals surface area contributed by atoms with Gasteiger partial charge in [-0.15, -0.1) is 0 Å². The predicted octanol–water partition coefficient (Wildman–Crippen LogP) is -0.873. The first-order valence-electron chi connectivity index (χ1n) is 0.783. The van der Waals surface area contributed by atoms with Crippen molar-refractivity contribution in [2.75, 3.05) is 0 Å². The fourth-order valence-corrected chi connectivity index (χ4v) is 0. The Balaban J connectivity index is -0.0000000800. The molecule has 0 saturated heterocycles. The topological polar surface area (TPSA) is 77.8 Å². The van der Waals surface area contributed by atoms with Crippen LogP contribution in [0.1, 0.15) is 0 Å². The molecule has 1 unspecified atom stereocenters. The van der Waals surface area contributed by atoms with Gasteiger partial charge in [-0.25, -0.2) is 4.57 Å². The summed E-state index contributed by atoms with van der Waals surface area (Å²) in [5.74, 6) is 0. The smallest absolute Gasteiger partial charge is 0.303 e. The van der Waals surface area contributed by atoms with Gasteiger partial charge in [-0.3, -0.25) is 0 Å². The maximum atomic E-state index is 8.88. The van der Waals surface area contributed by atoms with E-state index in [-0.39, 0.29) is 26.4 Å². The van der Waals surface area contributed by atoms with Crippen molar-refractivity contribution in [1.82, 2.24) is 0 Å². The van der Waals surface area contributed by atoms with Crippen LogP contribution >= 0.6 is 17.7 Å². The van der Waals surface area contributed by atoms with Gasteiger partial charge in [0, 0.05) is 16.5 Å². The standard InChI is InChI=1S/Ni.H3O4P.H3P/c;1-5(2,3)4;/h;(H3,1,2,3,4);1H3. The molecule has 0 saturated carbocycles. The maximum absolute atomic E-state index is 8.88. The Morgan fingerprint density at radius 2 is 1.14 bits per heavy atom. The molecular weight excluding hydrogens is 185 g/mol. The number of rotatable bonds is 0. The summed E-state index contributed by atoms with van der Waals surface area (Å²) in [7, 11) is -4.64. The van der Waals surface area contributed by atoms with Gasteiger partial charge >= 0.3 is 7.82 Å². The summed E-state index contributed by atoms with van der Waals surface area (Å²) in [6.07, 6.45) is 0. The molecule has 50 valence electrons. The molecule has 0 rings (SSSR count). The summed E-state index contributed by atoms with van der Waals surface area (Å²) < 4.78 is 8.88. The van der Waals surface area contributed by atoms with Gasteiger partial charge in [0.2, 0.25) is 0 Å². The normalized spacial score (nSPS) is 8.43. The molecule has 0 radical (unpaired) electrons. The molecule has 4 nitrogen and oxygen atoms in total. The van der Waals surface area contributed by atoms with Crippen molar-refractivity contribution in [3.8, 4) is 0 Å². The van der Waals surface area contributed by atoms with Crippen LogP contribution < -0.4 is 0 Å². The predicted molar refractivity (Wildman–Crippen MR) is 25.4 cm³/mol. The van der Waals surface area contributed by atoms with E-state index in [1.165, 1.54) is 0 Å². The molecule has 0 heterocycles. The van der Waals surface area contributed by atoms with E-state index in [4.69, 9.17) is 19.2 Å². The minimum atomic E-state index is -4.64. The monoisotopic (exact) mass is 190 g/mol. The summed E-state index contributed by atoms with van der Waals surface area (Å²) in [6.45, 7) is 0. The third-order valence-corrected chi connectivity index (χ3v) is 0. The van der Waals surface area contributed by atoms with Crippen LogP contribution in [0.25, 0.3) is 0 Å². The van der Waals surface area contributed by atoms with Crippen LogP contribution in [0, 0.1) is 0 Å². The van der Waals surface area contributed by atoms with Crippen LogP contribution in [0.2, 0.25) is 0 Å². The molecule has 0 aliphatic heterocycles. The molecule has 0 amide bonds. The van der Waals surface area contributed by atoms with E-state index in [0.29, 0.717) is 0 Å². The van der Waals surface area contributed by atoms with E-state index in [9.17, 15) is 0 Å². The zero-order valence-corrected chi connectivity index (χ0v) is 6.52. The van der Waals surface area contributed by atoms with Gasteiger partial charge in [-0.2, -0.15) is 9.90 Å². The van der Waals surface area contributed by atoms with Crippen molar-refractivity contribution < 1.29 is 35.7 Å². The van der Waals surface area contributed by atoms with Crippen LogP contribution in [0.15, 0.2) is 0 Å². The zero-order chi connectivity index (χ0) is 4.50. The molecule has 3 N–H and O–H groups in total. The molecule has 0 fully saturated rings. The summed E-state index contributed by atoms with van der Waals surface area (Å²) >= 11 is 0. The first kappa shape index (κ1) is 15.7. The van der Waals surface area contributed by atoms with Crippen LogP contribution in [0.4, 0.5) is 0 Å². The maximum Gasteiger partial charge on any atom is 0.466 e. The third-order valence-electron chi connectivity index (χ3n) is 0. The van der Waals surface area contributed by atoms with Gasteiger partial charge in [0.25, 0.3) is 0 Å². The molecule has 0 aliphatic carbocycles. The number of hydrogen-bond acceptors (Lipinski definition) is 1. The molecule has 0 spiro atoms. The Hall–Kier alpha value is 1.03. The Bertz CT molecular complexity index is 55.8. The second kappa shape index (κ2) is 5.18. The van der Waals surface area contributed by atoms with E-state index in [2.05, 4.69) is 0 Å². The second-order valence-electron chi connectivity index (χ2n) is 0.513. The fraction of sp³-hybridized carbons (Fsp3) is 0. The first-order valence-corrected chi connectivity index (χ1v) is 2.35. The van der Waals surface area contributed by atoms with Gasteiger partial charge in [0.1, 0.15) is 0 Å². The van der Waals surface area contributed by atoms with Crippen LogP contribution in [-0.4, -0.2) is 14.7 Å². The van der Waals surface area contributed by atoms with Crippen LogP contribution in [0.3, 0.4) is 0 Å². The second-order valence-corrected chi connectivity index (χ2v) is 1.54. The summed E-state index contributed by atoms with van der Waals surface area (Å²) in [6, 6.07) is 0. The van der Waals surface area contributed by atoms with Crippen molar-refractivity contribution in [1.29, 1.82) is 0 Å². The number of phosphoric acid groups is 1. The Morgan fingerprint density at radius 1 is 1.14 bits per heavy atom. The van der Waals surface area contributed by atoms with Crippen molar-refractivity contribution in [2.45, 2.75) is 0 Å². The summed E-state index contributed by atoms with van der Waals surface area (Å²) in [5, 5.41) is 0. The third kappa shape index (κ3) is 167. The van der Waals surface area contributed by atoms with Gasteiger partial charge in [0.05, 0.1) is 0 Å². The molecule has 0 aromatic heterocycles. The molecule has 0 bridgehead atoms. The molecule has 0 aromatic rings. The van der Waals surface area contributed by atoms with Crippen molar-refractivity contribution in [3.05, 3.63) is 0 Å². The van der Waals surface area contributed by atoms with Gasteiger partial charge in [-0.05, 0) is 0 Å². The van der Waals surface area contributed by atoms with E-state index in [1.54, 1.807) is 0 Å². The Kier molecular flexibility index (Phi) is 11.6. The average molecular weight is 191 g/mol. The minimum Gasteiger partial charge on any atom is -0.303 e. The van der Waals surface area contributed by atoms with E-state index >= 15 is 0 Å².